The van der Waals surface area contributed by atoms with Crippen molar-refractivity contribution in [3.8, 4) is 0 Å². The molecule has 0 aromatic heterocycles. The molecule has 0 heterocycles. The van der Waals surface area contributed by atoms with Crippen LogP contribution >= 0.6 is 24.0 Å². The lowest BCUT2D eigenvalue weighted by Crippen LogP contribution is -2.43. The molecule has 0 saturated carbocycles. The molecule has 0 aliphatic carbocycles. The molecule has 0 aliphatic rings. The topological polar surface area (TPSA) is 90.9 Å². The highest BCUT2D eigenvalue weighted by Crippen LogP contribution is 1.97. The molecule has 0 aromatic carbocycles. The highest BCUT2D eigenvalue weighted by Gasteiger charge is 2.11. The molecule has 0 spiro atoms. The highest BCUT2D eigenvalue weighted by molar-refractivity contribution is 14.0. The molecular weight excluding hydrogens is 443 g/mol. The van der Waals surface area contributed by atoms with Crippen LogP contribution in [0, 0.1) is 0 Å². The summed E-state index contributed by atoms with van der Waals surface area (Å²) in [5, 5.41) is 6.28. The smallest absolute Gasteiger partial charge is 0.224 e. The lowest BCUT2D eigenvalue weighted by atomic mass is 10.3. The van der Waals surface area contributed by atoms with E-state index >= 15 is 0 Å². The van der Waals surface area contributed by atoms with Gasteiger partial charge in [0, 0.05) is 38.4 Å². The minimum Gasteiger partial charge on any atom is -0.357 e. The zero-order valence-corrected chi connectivity index (χ0v) is 18.6. The molecule has 7 nitrogen and oxygen atoms in total. The van der Waals surface area contributed by atoms with E-state index in [1.807, 2.05) is 27.7 Å². The number of amides is 1. The number of aliphatic imine (C=N–C) groups is 1. The van der Waals surface area contributed by atoms with Gasteiger partial charge in [-0.05, 0) is 34.1 Å². The van der Waals surface area contributed by atoms with E-state index in [2.05, 4.69) is 15.6 Å². The van der Waals surface area contributed by atoms with Crippen molar-refractivity contribution in [2.45, 2.75) is 46.6 Å². The first-order valence-electron chi connectivity index (χ1n) is 8.23. The highest BCUT2D eigenvalue weighted by atomic mass is 127. The van der Waals surface area contributed by atoms with Crippen molar-refractivity contribution in [2.75, 3.05) is 38.2 Å². The standard InChI is InChI=1S/C15H32N4O3S.HI/c1-6-16-15(18-13(4)10-12-23(5,21)22)17-11-9-14(20)19(7-2)8-3;/h13H,6-12H2,1-5H3,(H2,16,17,18);1H. The largest absolute Gasteiger partial charge is 0.357 e. The van der Waals surface area contributed by atoms with Crippen LogP contribution in [0.2, 0.25) is 0 Å². The Balaban J connectivity index is 0. The second-order valence-electron chi connectivity index (χ2n) is 5.54. The van der Waals surface area contributed by atoms with Crippen LogP contribution in [0.25, 0.3) is 0 Å². The van der Waals surface area contributed by atoms with Crippen LogP contribution < -0.4 is 10.6 Å². The maximum Gasteiger partial charge on any atom is 0.224 e. The number of sulfone groups is 1. The van der Waals surface area contributed by atoms with Gasteiger partial charge in [0.1, 0.15) is 9.84 Å². The van der Waals surface area contributed by atoms with Gasteiger partial charge >= 0.3 is 0 Å². The summed E-state index contributed by atoms with van der Waals surface area (Å²) >= 11 is 0. The third kappa shape index (κ3) is 12.8. The van der Waals surface area contributed by atoms with Crippen LogP contribution in [0.3, 0.4) is 0 Å². The molecule has 0 saturated heterocycles. The molecule has 0 radical (unpaired) electrons. The van der Waals surface area contributed by atoms with Crippen molar-refractivity contribution in [3.05, 3.63) is 0 Å². The molecule has 1 amide bonds. The van der Waals surface area contributed by atoms with E-state index in [1.165, 1.54) is 6.26 Å². The number of guanidine groups is 1. The molecule has 1 atom stereocenters. The summed E-state index contributed by atoms with van der Waals surface area (Å²) in [7, 11) is -2.96. The molecule has 9 heteroatoms. The van der Waals surface area contributed by atoms with Crippen LogP contribution in [0.15, 0.2) is 4.99 Å². The van der Waals surface area contributed by atoms with Gasteiger partial charge in [0.05, 0.1) is 12.3 Å². The summed E-state index contributed by atoms with van der Waals surface area (Å²) in [6.07, 6.45) is 2.12. The van der Waals surface area contributed by atoms with E-state index in [0.717, 1.165) is 0 Å². The summed E-state index contributed by atoms with van der Waals surface area (Å²) < 4.78 is 22.4. The second kappa shape index (κ2) is 13.7. The molecule has 0 aromatic rings. The fraction of sp³-hybridized carbons (Fsp3) is 0.867. The lowest BCUT2D eigenvalue weighted by molar-refractivity contribution is -0.130. The number of carbonyl (C=O) groups is 1. The zero-order valence-electron chi connectivity index (χ0n) is 15.5. The lowest BCUT2D eigenvalue weighted by Gasteiger charge is -2.19. The van der Waals surface area contributed by atoms with Gasteiger partial charge in [0.15, 0.2) is 5.96 Å². The summed E-state index contributed by atoms with van der Waals surface area (Å²) in [5.74, 6) is 0.849. The van der Waals surface area contributed by atoms with Crippen molar-refractivity contribution in [3.63, 3.8) is 0 Å². The van der Waals surface area contributed by atoms with Crippen LogP contribution in [0.1, 0.15) is 40.5 Å². The van der Waals surface area contributed by atoms with E-state index in [-0.39, 0.29) is 41.7 Å². The van der Waals surface area contributed by atoms with Crippen LogP contribution in [-0.2, 0) is 14.6 Å². The minimum atomic E-state index is -2.96. The van der Waals surface area contributed by atoms with E-state index in [4.69, 9.17) is 0 Å². The summed E-state index contributed by atoms with van der Waals surface area (Å²) in [6, 6.07) is -0.0130. The van der Waals surface area contributed by atoms with Gasteiger partial charge < -0.3 is 15.5 Å². The van der Waals surface area contributed by atoms with Crippen LogP contribution in [0.5, 0.6) is 0 Å². The first-order valence-corrected chi connectivity index (χ1v) is 10.3. The van der Waals surface area contributed by atoms with Crippen LogP contribution in [0.4, 0.5) is 0 Å². The van der Waals surface area contributed by atoms with Crippen molar-refractivity contribution >= 4 is 45.7 Å². The van der Waals surface area contributed by atoms with Gasteiger partial charge in [-0.3, -0.25) is 9.79 Å². The molecular formula is C15H33IN4O3S. The molecule has 0 aliphatic heterocycles. The molecule has 144 valence electrons. The quantitative estimate of drug-likeness (QED) is 0.281. The maximum absolute atomic E-state index is 11.9. The summed E-state index contributed by atoms with van der Waals surface area (Å²) in [4.78, 5) is 18.1. The Labute approximate surface area is 164 Å². The fourth-order valence-corrected chi connectivity index (χ4v) is 2.80. The van der Waals surface area contributed by atoms with Crippen molar-refractivity contribution in [1.82, 2.24) is 15.5 Å². The third-order valence-corrected chi connectivity index (χ3v) is 4.34. The number of hydrogen-bond acceptors (Lipinski definition) is 4. The van der Waals surface area contributed by atoms with E-state index in [0.29, 0.717) is 45.0 Å². The maximum atomic E-state index is 11.9. The Morgan fingerprint density at radius 1 is 1.21 bits per heavy atom. The number of nitrogens with zero attached hydrogens (tertiary/aromatic N) is 2. The number of nitrogens with one attached hydrogen (secondary N) is 2. The molecule has 0 rings (SSSR count). The van der Waals surface area contributed by atoms with Gasteiger partial charge in [-0.2, -0.15) is 0 Å². The van der Waals surface area contributed by atoms with E-state index < -0.39 is 9.84 Å². The summed E-state index contributed by atoms with van der Waals surface area (Å²) in [5.41, 5.74) is 0. The molecule has 24 heavy (non-hydrogen) atoms. The number of halogens is 1. The normalized spacial score (nSPS) is 13.0. The summed E-state index contributed by atoms with van der Waals surface area (Å²) in [6.45, 7) is 10.3. The molecule has 0 bridgehead atoms. The monoisotopic (exact) mass is 476 g/mol. The average Bonchev–Trinajstić information content (AvgIpc) is 2.46. The first-order chi connectivity index (χ1) is 10.7. The van der Waals surface area contributed by atoms with Crippen LogP contribution in [-0.4, -0.2) is 69.4 Å². The Bertz CT molecular complexity index is 479. The fourth-order valence-electron chi connectivity index (χ4n) is 2.01. The van der Waals surface area contributed by atoms with E-state index in [1.54, 1.807) is 4.90 Å². The Hall–Kier alpha value is -0.580. The Kier molecular flexibility index (Phi) is 14.6. The predicted octanol–water partition coefficient (Wildman–Crippen LogP) is 1.24. The number of rotatable bonds is 10. The van der Waals surface area contributed by atoms with Gasteiger partial charge in [0.25, 0.3) is 0 Å². The van der Waals surface area contributed by atoms with Gasteiger partial charge in [-0.15, -0.1) is 24.0 Å². The number of hydrogen-bond donors (Lipinski definition) is 2. The van der Waals surface area contributed by atoms with E-state index in [9.17, 15) is 13.2 Å². The Morgan fingerprint density at radius 3 is 2.25 bits per heavy atom. The molecule has 1 unspecified atom stereocenters. The first kappa shape index (κ1) is 25.7. The van der Waals surface area contributed by atoms with Crippen molar-refractivity contribution in [2.24, 2.45) is 4.99 Å². The molecule has 2 N–H and O–H groups in total. The SMILES string of the molecule is CCNC(=NCCC(=O)N(CC)CC)NC(C)CCS(C)(=O)=O.I. The van der Waals surface area contributed by atoms with Crippen molar-refractivity contribution < 1.29 is 13.2 Å². The predicted molar refractivity (Wildman–Crippen MR) is 111 cm³/mol. The van der Waals surface area contributed by atoms with Gasteiger partial charge in [0.2, 0.25) is 5.91 Å². The third-order valence-electron chi connectivity index (χ3n) is 3.36. The minimum absolute atomic E-state index is 0. The molecule has 0 fully saturated rings. The Morgan fingerprint density at radius 2 is 1.79 bits per heavy atom. The average molecular weight is 476 g/mol. The zero-order chi connectivity index (χ0) is 17.9. The van der Waals surface area contributed by atoms with Gasteiger partial charge in [-0.1, -0.05) is 0 Å². The van der Waals surface area contributed by atoms with Crippen molar-refractivity contribution in [1.29, 1.82) is 0 Å². The van der Waals surface area contributed by atoms with Gasteiger partial charge in [-0.25, -0.2) is 8.42 Å². The second-order valence-corrected chi connectivity index (χ2v) is 7.80. The number of carbonyl (C=O) groups excluding carboxylic acids is 1.